The molecule has 1 saturated heterocycles. The van der Waals surface area contributed by atoms with E-state index in [1.165, 1.54) is 6.42 Å². The van der Waals surface area contributed by atoms with E-state index in [1.807, 2.05) is 36.1 Å². The first-order chi connectivity index (χ1) is 12.2. The molecule has 0 radical (unpaired) electrons. The molecule has 1 atom stereocenters. The molecule has 1 fully saturated rings. The number of carbonyl (C=O) groups is 1. The number of nitrogens with zero attached hydrogens (tertiary/aromatic N) is 3. The van der Waals surface area contributed by atoms with E-state index in [2.05, 4.69) is 22.2 Å². The van der Waals surface area contributed by atoms with E-state index < -0.39 is 0 Å². The molecule has 1 amide bonds. The molecule has 6 heteroatoms. The Hall–Kier alpha value is -2.63. The summed E-state index contributed by atoms with van der Waals surface area (Å²) in [6.45, 7) is 6.36. The van der Waals surface area contributed by atoms with Crippen molar-refractivity contribution in [2.24, 2.45) is 5.92 Å². The van der Waals surface area contributed by atoms with Crippen molar-refractivity contribution in [2.75, 3.05) is 25.0 Å². The van der Waals surface area contributed by atoms with Gasteiger partial charge in [0.25, 0.3) is 5.91 Å². The van der Waals surface area contributed by atoms with Gasteiger partial charge in [0.2, 0.25) is 5.95 Å². The van der Waals surface area contributed by atoms with Gasteiger partial charge in [-0.25, -0.2) is 9.97 Å². The van der Waals surface area contributed by atoms with Crippen molar-refractivity contribution >= 4 is 17.5 Å². The molecule has 25 heavy (non-hydrogen) atoms. The van der Waals surface area contributed by atoms with Crippen molar-refractivity contribution in [3.63, 3.8) is 0 Å². The number of nitrogens with one attached hydrogen (secondary N) is 1. The van der Waals surface area contributed by atoms with E-state index >= 15 is 0 Å². The molecule has 1 aromatic heterocycles. The molecule has 0 bridgehead atoms. The van der Waals surface area contributed by atoms with Gasteiger partial charge in [-0.15, -0.1) is 0 Å². The van der Waals surface area contributed by atoms with Gasteiger partial charge >= 0.3 is 0 Å². The van der Waals surface area contributed by atoms with Crippen LogP contribution in [0.25, 0.3) is 0 Å². The minimum absolute atomic E-state index is 0.0244. The summed E-state index contributed by atoms with van der Waals surface area (Å²) in [5.74, 6) is 1.75. The zero-order valence-electron chi connectivity index (χ0n) is 14.7. The summed E-state index contributed by atoms with van der Waals surface area (Å²) in [4.78, 5) is 23.1. The van der Waals surface area contributed by atoms with Crippen molar-refractivity contribution in [1.29, 1.82) is 0 Å². The first-order valence-corrected chi connectivity index (χ1v) is 8.78. The Bertz CT molecular complexity index is 718. The summed E-state index contributed by atoms with van der Waals surface area (Å²) in [5.41, 5.74) is 1.28. The van der Waals surface area contributed by atoms with Gasteiger partial charge in [-0.2, -0.15) is 0 Å². The van der Waals surface area contributed by atoms with Gasteiger partial charge in [-0.3, -0.25) is 4.79 Å². The highest BCUT2D eigenvalue weighted by Crippen LogP contribution is 2.20. The van der Waals surface area contributed by atoms with Crippen LogP contribution in [-0.4, -0.2) is 40.5 Å². The number of aromatic nitrogens is 2. The highest BCUT2D eigenvalue weighted by atomic mass is 16.5. The van der Waals surface area contributed by atoms with Gasteiger partial charge in [-0.1, -0.05) is 6.92 Å². The van der Waals surface area contributed by atoms with Crippen LogP contribution in [0.1, 0.15) is 37.2 Å². The zero-order valence-corrected chi connectivity index (χ0v) is 14.7. The predicted molar refractivity (Wildman–Crippen MR) is 97.2 cm³/mol. The number of piperidine rings is 1. The lowest BCUT2D eigenvalue weighted by Gasteiger charge is -2.30. The van der Waals surface area contributed by atoms with Crippen molar-refractivity contribution in [1.82, 2.24) is 14.9 Å². The number of ether oxygens (including phenoxy) is 1. The Morgan fingerprint density at radius 2 is 2.12 bits per heavy atom. The molecule has 1 aliphatic heterocycles. The van der Waals surface area contributed by atoms with Gasteiger partial charge in [0.1, 0.15) is 11.4 Å². The molecule has 2 heterocycles. The summed E-state index contributed by atoms with van der Waals surface area (Å²) >= 11 is 0. The fourth-order valence-corrected chi connectivity index (χ4v) is 3.00. The number of rotatable bonds is 5. The Kier molecular flexibility index (Phi) is 5.48. The second kappa shape index (κ2) is 7.96. The summed E-state index contributed by atoms with van der Waals surface area (Å²) in [6, 6.07) is 9.24. The maximum absolute atomic E-state index is 12.7. The second-order valence-corrected chi connectivity index (χ2v) is 6.35. The van der Waals surface area contributed by atoms with E-state index in [0.29, 0.717) is 24.2 Å². The Morgan fingerprint density at radius 1 is 1.32 bits per heavy atom. The zero-order chi connectivity index (χ0) is 17.6. The minimum Gasteiger partial charge on any atom is -0.494 e. The lowest BCUT2D eigenvalue weighted by atomic mass is 10.00. The monoisotopic (exact) mass is 340 g/mol. The van der Waals surface area contributed by atoms with E-state index in [-0.39, 0.29) is 5.91 Å². The first kappa shape index (κ1) is 17.2. The van der Waals surface area contributed by atoms with Gasteiger partial charge in [0.15, 0.2) is 0 Å². The summed E-state index contributed by atoms with van der Waals surface area (Å²) in [7, 11) is 0. The normalized spacial score (nSPS) is 17.2. The van der Waals surface area contributed by atoms with Gasteiger partial charge in [0, 0.05) is 25.0 Å². The van der Waals surface area contributed by atoms with Crippen LogP contribution in [0, 0.1) is 5.92 Å². The van der Waals surface area contributed by atoms with Crippen LogP contribution >= 0.6 is 0 Å². The third kappa shape index (κ3) is 4.47. The van der Waals surface area contributed by atoms with Crippen LogP contribution in [0.2, 0.25) is 0 Å². The number of likely N-dealkylation sites (tertiary alicyclic amines) is 1. The van der Waals surface area contributed by atoms with Gasteiger partial charge < -0.3 is 15.0 Å². The largest absolute Gasteiger partial charge is 0.494 e. The van der Waals surface area contributed by atoms with Gasteiger partial charge in [0.05, 0.1) is 6.61 Å². The molecule has 1 aliphatic rings. The number of hydrogen-bond acceptors (Lipinski definition) is 5. The first-order valence-electron chi connectivity index (χ1n) is 8.78. The van der Waals surface area contributed by atoms with E-state index in [0.717, 1.165) is 30.9 Å². The average Bonchev–Trinajstić information content (AvgIpc) is 2.63. The van der Waals surface area contributed by atoms with E-state index in [9.17, 15) is 4.79 Å². The number of anilines is 2. The Labute approximate surface area is 148 Å². The van der Waals surface area contributed by atoms with E-state index in [1.54, 1.807) is 12.3 Å². The fourth-order valence-electron chi connectivity index (χ4n) is 3.00. The molecule has 2 aromatic rings. The van der Waals surface area contributed by atoms with Crippen molar-refractivity contribution in [3.05, 3.63) is 42.2 Å². The lowest BCUT2D eigenvalue weighted by molar-refractivity contribution is 0.0677. The molecule has 1 N–H and O–H groups in total. The van der Waals surface area contributed by atoms with Crippen molar-refractivity contribution < 1.29 is 9.53 Å². The predicted octanol–water partition coefficient (Wildman–Crippen LogP) is 3.49. The number of amides is 1. The van der Waals surface area contributed by atoms with Crippen LogP contribution in [-0.2, 0) is 0 Å². The quantitative estimate of drug-likeness (QED) is 0.902. The summed E-state index contributed by atoms with van der Waals surface area (Å²) < 4.78 is 5.43. The average molecular weight is 340 g/mol. The maximum atomic E-state index is 12.7. The topological polar surface area (TPSA) is 67.3 Å². The number of hydrogen-bond donors (Lipinski definition) is 1. The molecular formula is C19H24N4O2. The minimum atomic E-state index is -0.0244. The lowest BCUT2D eigenvalue weighted by Crippen LogP contribution is -2.39. The fraction of sp³-hybridized carbons (Fsp3) is 0.421. The molecule has 1 aromatic carbocycles. The van der Waals surface area contributed by atoms with Gasteiger partial charge in [-0.05, 0) is 56.0 Å². The number of carbonyl (C=O) groups excluding carboxylic acids is 1. The van der Waals surface area contributed by atoms with Crippen LogP contribution in [0.15, 0.2) is 36.5 Å². The van der Waals surface area contributed by atoms with Crippen LogP contribution in [0.5, 0.6) is 5.75 Å². The Balaban J connectivity index is 1.69. The number of benzene rings is 1. The third-order valence-electron chi connectivity index (χ3n) is 4.24. The summed E-state index contributed by atoms with van der Waals surface area (Å²) in [5, 5.41) is 3.13. The smallest absolute Gasteiger partial charge is 0.272 e. The van der Waals surface area contributed by atoms with E-state index in [4.69, 9.17) is 4.74 Å². The second-order valence-electron chi connectivity index (χ2n) is 6.35. The standard InChI is InChI=1S/C19H24N4O2/c1-3-25-16-8-6-15(7-9-16)21-19-20-11-10-17(22-19)18(24)23-12-4-5-14(2)13-23/h6-11,14H,3-5,12-13H2,1-2H3,(H,20,21,22). The highest BCUT2D eigenvalue weighted by molar-refractivity contribution is 5.92. The molecule has 132 valence electrons. The molecular weight excluding hydrogens is 316 g/mol. The maximum Gasteiger partial charge on any atom is 0.272 e. The Morgan fingerprint density at radius 3 is 2.84 bits per heavy atom. The summed E-state index contributed by atoms with van der Waals surface area (Å²) in [6.07, 6.45) is 3.85. The van der Waals surface area contributed by atoms with Crippen LogP contribution in [0.3, 0.4) is 0 Å². The third-order valence-corrected chi connectivity index (χ3v) is 4.24. The van der Waals surface area contributed by atoms with Crippen molar-refractivity contribution in [2.45, 2.75) is 26.7 Å². The molecule has 3 rings (SSSR count). The molecule has 0 saturated carbocycles. The molecule has 6 nitrogen and oxygen atoms in total. The van der Waals surface area contributed by atoms with Crippen LogP contribution in [0.4, 0.5) is 11.6 Å². The molecule has 1 unspecified atom stereocenters. The molecule has 0 spiro atoms. The van der Waals surface area contributed by atoms with Crippen molar-refractivity contribution in [3.8, 4) is 5.75 Å². The SMILES string of the molecule is CCOc1ccc(Nc2nccc(C(=O)N3CCCC(C)C3)n2)cc1. The van der Waals surface area contributed by atoms with Crippen LogP contribution < -0.4 is 10.1 Å². The molecule has 0 aliphatic carbocycles. The highest BCUT2D eigenvalue weighted by Gasteiger charge is 2.23.